The molecule has 0 aliphatic rings. The summed E-state index contributed by atoms with van der Waals surface area (Å²) in [6.45, 7) is 2.41. The Balaban J connectivity index is 2.62. The summed E-state index contributed by atoms with van der Waals surface area (Å²) in [7, 11) is 0. The molecular formula is C12H16N2O4. The van der Waals surface area contributed by atoms with E-state index < -0.39 is 5.97 Å². The van der Waals surface area contributed by atoms with Crippen LogP contribution in [0.1, 0.15) is 23.7 Å². The van der Waals surface area contributed by atoms with Gasteiger partial charge in [-0.2, -0.15) is 0 Å². The predicted octanol–water partition coefficient (Wildman–Crippen LogP) is 1.33. The van der Waals surface area contributed by atoms with E-state index >= 15 is 0 Å². The van der Waals surface area contributed by atoms with Crippen molar-refractivity contribution in [2.45, 2.75) is 13.3 Å². The molecular weight excluding hydrogens is 236 g/mol. The third-order valence-electron chi connectivity index (χ3n) is 2.15. The molecule has 98 valence electrons. The normalized spacial score (nSPS) is 10.1. The minimum Gasteiger partial charge on any atom is -0.478 e. The first-order valence-electron chi connectivity index (χ1n) is 5.55. The standard InChI is InChI=1S/C12H16N2O4/c1-2-5-18-7-11(15)14-10-4-3-8(12(16)17)6-9(10)13/h3-4,6H,2,5,7,13H2,1H3,(H,14,15)(H,16,17). The van der Waals surface area contributed by atoms with Gasteiger partial charge < -0.3 is 20.9 Å². The minimum absolute atomic E-state index is 0.0477. The molecule has 0 aliphatic heterocycles. The Kier molecular flexibility index (Phi) is 5.13. The molecule has 0 bridgehead atoms. The number of nitrogens with two attached hydrogens (primary N) is 1. The Labute approximate surface area is 105 Å². The first kappa shape index (κ1) is 14.0. The molecule has 0 radical (unpaired) electrons. The number of rotatable bonds is 6. The average Bonchev–Trinajstić information content (AvgIpc) is 2.32. The molecule has 6 nitrogen and oxygen atoms in total. The van der Waals surface area contributed by atoms with Gasteiger partial charge in [-0.1, -0.05) is 6.92 Å². The Bertz CT molecular complexity index is 446. The van der Waals surface area contributed by atoms with E-state index in [0.29, 0.717) is 12.3 Å². The smallest absolute Gasteiger partial charge is 0.335 e. The number of amides is 1. The lowest BCUT2D eigenvalue weighted by atomic mass is 10.2. The van der Waals surface area contributed by atoms with Gasteiger partial charge in [-0.15, -0.1) is 0 Å². The van der Waals surface area contributed by atoms with Gasteiger partial charge in [0.05, 0.1) is 16.9 Å². The maximum atomic E-state index is 11.5. The number of ether oxygens (including phenoxy) is 1. The largest absolute Gasteiger partial charge is 0.478 e. The van der Waals surface area contributed by atoms with Crippen LogP contribution in [-0.4, -0.2) is 30.2 Å². The van der Waals surface area contributed by atoms with E-state index in [4.69, 9.17) is 15.6 Å². The van der Waals surface area contributed by atoms with Crippen molar-refractivity contribution in [3.8, 4) is 0 Å². The molecule has 0 aromatic heterocycles. The fraction of sp³-hybridized carbons (Fsp3) is 0.333. The number of nitrogens with one attached hydrogen (secondary N) is 1. The van der Waals surface area contributed by atoms with Crippen LogP contribution >= 0.6 is 0 Å². The number of hydrogen-bond acceptors (Lipinski definition) is 4. The number of benzene rings is 1. The number of carbonyl (C=O) groups excluding carboxylic acids is 1. The first-order valence-corrected chi connectivity index (χ1v) is 5.55. The summed E-state index contributed by atoms with van der Waals surface area (Å²) < 4.78 is 5.07. The maximum Gasteiger partial charge on any atom is 0.335 e. The van der Waals surface area contributed by atoms with Gasteiger partial charge in [-0.3, -0.25) is 4.79 Å². The molecule has 6 heteroatoms. The monoisotopic (exact) mass is 252 g/mol. The molecule has 0 unspecified atom stereocenters. The third-order valence-corrected chi connectivity index (χ3v) is 2.15. The van der Waals surface area contributed by atoms with Crippen LogP contribution in [0.5, 0.6) is 0 Å². The van der Waals surface area contributed by atoms with E-state index in [1.165, 1.54) is 18.2 Å². The van der Waals surface area contributed by atoms with Crippen LogP contribution in [0, 0.1) is 0 Å². The second-order valence-corrected chi connectivity index (χ2v) is 3.71. The van der Waals surface area contributed by atoms with E-state index in [-0.39, 0.29) is 23.8 Å². The van der Waals surface area contributed by atoms with Crippen LogP contribution in [0.4, 0.5) is 11.4 Å². The number of aromatic carboxylic acids is 1. The van der Waals surface area contributed by atoms with Crippen molar-refractivity contribution in [1.29, 1.82) is 0 Å². The van der Waals surface area contributed by atoms with Gasteiger partial charge >= 0.3 is 5.97 Å². The van der Waals surface area contributed by atoms with Crippen molar-refractivity contribution in [2.24, 2.45) is 0 Å². The molecule has 18 heavy (non-hydrogen) atoms. The Morgan fingerprint density at radius 3 is 2.72 bits per heavy atom. The molecule has 1 amide bonds. The van der Waals surface area contributed by atoms with E-state index in [9.17, 15) is 9.59 Å². The van der Waals surface area contributed by atoms with E-state index in [1.807, 2.05) is 6.92 Å². The van der Waals surface area contributed by atoms with Gasteiger partial charge in [-0.05, 0) is 24.6 Å². The number of hydrogen-bond donors (Lipinski definition) is 3. The zero-order valence-electron chi connectivity index (χ0n) is 10.1. The highest BCUT2D eigenvalue weighted by molar-refractivity contribution is 5.96. The summed E-state index contributed by atoms with van der Waals surface area (Å²) in [4.78, 5) is 22.1. The lowest BCUT2D eigenvalue weighted by Gasteiger charge is -2.09. The molecule has 0 saturated carbocycles. The van der Waals surface area contributed by atoms with Crippen molar-refractivity contribution in [3.05, 3.63) is 23.8 Å². The highest BCUT2D eigenvalue weighted by atomic mass is 16.5. The molecule has 0 aliphatic carbocycles. The molecule has 1 rings (SSSR count). The van der Waals surface area contributed by atoms with Crippen molar-refractivity contribution in [2.75, 3.05) is 24.3 Å². The van der Waals surface area contributed by atoms with Gasteiger partial charge in [0.25, 0.3) is 0 Å². The van der Waals surface area contributed by atoms with Crippen molar-refractivity contribution in [1.82, 2.24) is 0 Å². The number of carboxylic acid groups (broad SMARTS) is 1. The van der Waals surface area contributed by atoms with Crippen LogP contribution in [-0.2, 0) is 9.53 Å². The summed E-state index contributed by atoms with van der Waals surface area (Å²) >= 11 is 0. The van der Waals surface area contributed by atoms with E-state index in [1.54, 1.807) is 0 Å². The molecule has 0 saturated heterocycles. The lowest BCUT2D eigenvalue weighted by Crippen LogP contribution is -2.19. The lowest BCUT2D eigenvalue weighted by molar-refractivity contribution is -0.120. The van der Waals surface area contributed by atoms with Gasteiger partial charge in [0, 0.05) is 6.61 Å². The van der Waals surface area contributed by atoms with Gasteiger partial charge in [0.15, 0.2) is 0 Å². The Morgan fingerprint density at radius 1 is 1.44 bits per heavy atom. The molecule has 0 atom stereocenters. The fourth-order valence-corrected chi connectivity index (χ4v) is 1.31. The summed E-state index contributed by atoms with van der Waals surface area (Å²) in [5.74, 6) is -1.39. The van der Waals surface area contributed by atoms with Crippen LogP contribution in [0.3, 0.4) is 0 Å². The topological polar surface area (TPSA) is 102 Å². The summed E-state index contributed by atoms with van der Waals surface area (Å²) in [5.41, 5.74) is 6.31. The van der Waals surface area contributed by atoms with Crippen molar-refractivity contribution in [3.63, 3.8) is 0 Å². The molecule has 0 heterocycles. The van der Waals surface area contributed by atoms with Crippen LogP contribution in [0.2, 0.25) is 0 Å². The SMILES string of the molecule is CCCOCC(=O)Nc1ccc(C(=O)O)cc1N. The second kappa shape index (κ2) is 6.61. The van der Waals surface area contributed by atoms with Crippen molar-refractivity contribution < 1.29 is 19.4 Å². The molecule has 0 spiro atoms. The summed E-state index contributed by atoms with van der Waals surface area (Å²) in [6.07, 6.45) is 0.836. The molecule has 1 aromatic rings. The predicted molar refractivity (Wildman–Crippen MR) is 67.6 cm³/mol. The minimum atomic E-state index is -1.06. The van der Waals surface area contributed by atoms with Crippen molar-refractivity contribution >= 4 is 23.3 Å². The van der Waals surface area contributed by atoms with Crippen LogP contribution in [0.25, 0.3) is 0 Å². The zero-order chi connectivity index (χ0) is 13.5. The molecule has 1 aromatic carbocycles. The second-order valence-electron chi connectivity index (χ2n) is 3.71. The number of carboxylic acids is 1. The molecule has 4 N–H and O–H groups in total. The number of nitrogen functional groups attached to an aromatic ring is 1. The highest BCUT2D eigenvalue weighted by Gasteiger charge is 2.08. The van der Waals surface area contributed by atoms with Gasteiger partial charge in [0.1, 0.15) is 6.61 Å². The number of anilines is 2. The number of carbonyl (C=O) groups is 2. The van der Waals surface area contributed by atoms with Gasteiger partial charge in [-0.25, -0.2) is 4.79 Å². The van der Waals surface area contributed by atoms with E-state index in [2.05, 4.69) is 5.32 Å². The average molecular weight is 252 g/mol. The van der Waals surface area contributed by atoms with Gasteiger partial charge in [0.2, 0.25) is 5.91 Å². The summed E-state index contributed by atoms with van der Waals surface area (Å²) in [5, 5.41) is 11.3. The Hall–Kier alpha value is -2.08. The first-order chi connectivity index (χ1) is 8.54. The zero-order valence-corrected chi connectivity index (χ0v) is 10.1. The maximum absolute atomic E-state index is 11.5. The fourth-order valence-electron chi connectivity index (χ4n) is 1.31. The van der Waals surface area contributed by atoms with E-state index in [0.717, 1.165) is 6.42 Å². The van der Waals surface area contributed by atoms with Crippen LogP contribution < -0.4 is 11.1 Å². The molecule has 0 fully saturated rings. The highest BCUT2D eigenvalue weighted by Crippen LogP contribution is 2.19. The quantitative estimate of drug-likeness (QED) is 0.523. The van der Waals surface area contributed by atoms with Crippen LogP contribution in [0.15, 0.2) is 18.2 Å². The summed E-state index contributed by atoms with van der Waals surface area (Å²) in [6, 6.07) is 4.13. The Morgan fingerprint density at radius 2 is 2.17 bits per heavy atom. The third kappa shape index (κ3) is 4.06.